The predicted octanol–water partition coefficient (Wildman–Crippen LogP) is 1.41. The maximum atomic E-state index is 11.4. The fourth-order valence-corrected chi connectivity index (χ4v) is 1.83. The Kier molecular flexibility index (Phi) is 2.44. The lowest BCUT2D eigenvalue weighted by Gasteiger charge is -2.23. The van der Waals surface area contributed by atoms with Gasteiger partial charge in [0.1, 0.15) is 0 Å². The maximum absolute atomic E-state index is 11.4. The van der Waals surface area contributed by atoms with Crippen molar-refractivity contribution in [3.8, 4) is 0 Å². The van der Waals surface area contributed by atoms with Crippen LogP contribution in [-0.2, 0) is 11.2 Å². The summed E-state index contributed by atoms with van der Waals surface area (Å²) in [6, 6.07) is 5.46. The molecule has 1 unspecified atom stereocenters. The maximum Gasteiger partial charge on any atom is 0.229 e. The number of fused-ring (bicyclic) bond motifs is 1. The van der Waals surface area contributed by atoms with Crippen LogP contribution in [-0.4, -0.2) is 12.5 Å². The Labute approximate surface area is 87.2 Å². The molecule has 14 heavy (non-hydrogen) atoms. The van der Waals surface area contributed by atoms with E-state index in [-0.39, 0.29) is 11.8 Å². The second-order valence-electron chi connectivity index (χ2n) is 3.43. The molecule has 0 bridgehead atoms. The number of amides is 1. The Morgan fingerprint density at radius 3 is 3.07 bits per heavy atom. The third-order valence-corrected chi connectivity index (χ3v) is 2.68. The molecule has 1 atom stereocenters. The third-order valence-electron chi connectivity index (χ3n) is 2.45. The molecule has 4 heteroatoms. The highest BCUT2D eigenvalue weighted by molar-refractivity contribution is 6.30. The number of carbonyl (C=O) groups is 1. The lowest BCUT2D eigenvalue weighted by atomic mass is 9.93. The highest BCUT2D eigenvalue weighted by Gasteiger charge is 2.24. The van der Waals surface area contributed by atoms with Gasteiger partial charge in [-0.05, 0) is 30.2 Å². The number of halogens is 1. The van der Waals surface area contributed by atoms with E-state index in [1.54, 1.807) is 6.07 Å². The number of hydrogen-bond acceptors (Lipinski definition) is 2. The monoisotopic (exact) mass is 210 g/mol. The highest BCUT2D eigenvalue weighted by atomic mass is 35.5. The van der Waals surface area contributed by atoms with E-state index in [0.717, 1.165) is 11.3 Å². The van der Waals surface area contributed by atoms with Crippen molar-refractivity contribution in [2.45, 2.75) is 6.42 Å². The summed E-state index contributed by atoms with van der Waals surface area (Å²) >= 11 is 5.86. The Bertz CT molecular complexity index is 378. The first-order chi connectivity index (χ1) is 6.70. The predicted molar refractivity (Wildman–Crippen MR) is 56.3 cm³/mol. The van der Waals surface area contributed by atoms with Gasteiger partial charge in [-0.15, -0.1) is 0 Å². The first-order valence-electron chi connectivity index (χ1n) is 4.50. The second-order valence-corrected chi connectivity index (χ2v) is 3.86. The van der Waals surface area contributed by atoms with Crippen molar-refractivity contribution in [1.29, 1.82) is 0 Å². The zero-order valence-electron chi connectivity index (χ0n) is 7.59. The molecule has 0 fully saturated rings. The quantitative estimate of drug-likeness (QED) is 0.737. The number of carbonyl (C=O) groups excluding carboxylic acids is 1. The van der Waals surface area contributed by atoms with E-state index < -0.39 is 0 Å². The lowest BCUT2D eigenvalue weighted by Crippen LogP contribution is -2.34. The molecule has 2 rings (SSSR count). The molecule has 0 saturated carbocycles. The standard InChI is InChI=1S/C10H11ClN2O/c11-8-1-2-9-6(4-8)3-7(5-12)10(14)13-9/h1-2,4,7H,3,5,12H2,(H,13,14). The minimum absolute atomic E-state index is 0.00215. The molecule has 3 N–H and O–H groups in total. The summed E-state index contributed by atoms with van der Waals surface area (Å²) in [6.07, 6.45) is 0.679. The summed E-state index contributed by atoms with van der Waals surface area (Å²) < 4.78 is 0. The number of benzene rings is 1. The number of nitrogens with one attached hydrogen (secondary N) is 1. The fourth-order valence-electron chi connectivity index (χ4n) is 1.64. The van der Waals surface area contributed by atoms with Gasteiger partial charge < -0.3 is 11.1 Å². The van der Waals surface area contributed by atoms with Crippen molar-refractivity contribution >= 4 is 23.2 Å². The van der Waals surface area contributed by atoms with E-state index in [4.69, 9.17) is 17.3 Å². The van der Waals surface area contributed by atoms with Gasteiger partial charge in [0.15, 0.2) is 0 Å². The molecule has 74 valence electrons. The van der Waals surface area contributed by atoms with Gasteiger partial charge in [0, 0.05) is 17.3 Å². The summed E-state index contributed by atoms with van der Waals surface area (Å²) in [5.74, 6) is -0.122. The third kappa shape index (κ3) is 1.61. The highest BCUT2D eigenvalue weighted by Crippen LogP contribution is 2.27. The lowest BCUT2D eigenvalue weighted by molar-refractivity contribution is -0.119. The van der Waals surface area contributed by atoms with Crippen LogP contribution >= 0.6 is 11.6 Å². The summed E-state index contributed by atoms with van der Waals surface area (Å²) in [5.41, 5.74) is 7.41. The Hall–Kier alpha value is -1.06. The van der Waals surface area contributed by atoms with Gasteiger partial charge in [0.25, 0.3) is 0 Å². The average Bonchev–Trinajstić information content (AvgIpc) is 2.17. The first kappa shape index (κ1) is 9.49. The molecule has 1 aliphatic rings. The number of hydrogen-bond donors (Lipinski definition) is 2. The molecule has 1 aromatic carbocycles. The van der Waals surface area contributed by atoms with Crippen molar-refractivity contribution in [2.75, 3.05) is 11.9 Å². The van der Waals surface area contributed by atoms with Gasteiger partial charge in [-0.2, -0.15) is 0 Å². The van der Waals surface area contributed by atoms with E-state index in [0.29, 0.717) is 18.0 Å². The van der Waals surface area contributed by atoms with Crippen LogP contribution in [0.3, 0.4) is 0 Å². The first-order valence-corrected chi connectivity index (χ1v) is 4.88. The van der Waals surface area contributed by atoms with Crippen LogP contribution in [0.15, 0.2) is 18.2 Å². The summed E-state index contributed by atoms with van der Waals surface area (Å²) in [7, 11) is 0. The largest absolute Gasteiger partial charge is 0.330 e. The number of rotatable bonds is 1. The number of nitrogens with two attached hydrogens (primary N) is 1. The van der Waals surface area contributed by atoms with E-state index in [1.165, 1.54) is 0 Å². The van der Waals surface area contributed by atoms with Crippen LogP contribution < -0.4 is 11.1 Å². The van der Waals surface area contributed by atoms with Crippen LogP contribution in [0.5, 0.6) is 0 Å². The molecule has 0 spiro atoms. The normalized spacial score (nSPS) is 20.1. The van der Waals surface area contributed by atoms with Crippen molar-refractivity contribution in [3.05, 3.63) is 28.8 Å². The number of anilines is 1. The van der Waals surface area contributed by atoms with Gasteiger partial charge >= 0.3 is 0 Å². The molecule has 1 amide bonds. The Morgan fingerprint density at radius 2 is 2.36 bits per heavy atom. The van der Waals surface area contributed by atoms with E-state index in [1.807, 2.05) is 12.1 Å². The van der Waals surface area contributed by atoms with Crippen LogP contribution in [0, 0.1) is 5.92 Å². The van der Waals surface area contributed by atoms with Crippen molar-refractivity contribution in [2.24, 2.45) is 11.7 Å². The smallest absolute Gasteiger partial charge is 0.229 e. The van der Waals surface area contributed by atoms with Gasteiger partial charge in [-0.25, -0.2) is 0 Å². The summed E-state index contributed by atoms with van der Waals surface area (Å²) in [5, 5.41) is 3.50. The molecular weight excluding hydrogens is 200 g/mol. The van der Waals surface area contributed by atoms with Gasteiger partial charge in [0.2, 0.25) is 5.91 Å². The molecule has 0 aromatic heterocycles. The van der Waals surface area contributed by atoms with Crippen molar-refractivity contribution < 1.29 is 4.79 Å². The van der Waals surface area contributed by atoms with Crippen LogP contribution in [0.25, 0.3) is 0 Å². The molecule has 1 aliphatic heterocycles. The van der Waals surface area contributed by atoms with Crippen LogP contribution in [0.4, 0.5) is 5.69 Å². The minimum Gasteiger partial charge on any atom is -0.330 e. The van der Waals surface area contributed by atoms with E-state index in [2.05, 4.69) is 5.32 Å². The van der Waals surface area contributed by atoms with Crippen LogP contribution in [0.2, 0.25) is 5.02 Å². The summed E-state index contributed by atoms with van der Waals surface area (Å²) in [4.78, 5) is 11.4. The average molecular weight is 211 g/mol. The molecule has 1 heterocycles. The second kappa shape index (κ2) is 3.59. The van der Waals surface area contributed by atoms with E-state index in [9.17, 15) is 4.79 Å². The molecule has 0 saturated heterocycles. The zero-order chi connectivity index (χ0) is 10.1. The zero-order valence-corrected chi connectivity index (χ0v) is 8.34. The topological polar surface area (TPSA) is 55.1 Å². The molecule has 0 aliphatic carbocycles. The van der Waals surface area contributed by atoms with Gasteiger partial charge in [-0.1, -0.05) is 11.6 Å². The molecule has 3 nitrogen and oxygen atoms in total. The summed E-state index contributed by atoms with van der Waals surface area (Å²) in [6.45, 7) is 0.373. The van der Waals surface area contributed by atoms with Gasteiger partial charge in [0.05, 0.1) is 5.92 Å². The van der Waals surface area contributed by atoms with E-state index >= 15 is 0 Å². The Balaban J connectivity index is 2.36. The van der Waals surface area contributed by atoms with Crippen molar-refractivity contribution in [3.63, 3.8) is 0 Å². The molecule has 0 radical (unpaired) electrons. The van der Waals surface area contributed by atoms with Crippen molar-refractivity contribution in [1.82, 2.24) is 0 Å². The minimum atomic E-state index is -0.124. The molecular formula is C10H11ClN2O. The fraction of sp³-hybridized carbons (Fsp3) is 0.300. The SMILES string of the molecule is NCC1Cc2cc(Cl)ccc2NC1=O. The Morgan fingerprint density at radius 1 is 1.57 bits per heavy atom. The van der Waals surface area contributed by atoms with Crippen LogP contribution in [0.1, 0.15) is 5.56 Å². The van der Waals surface area contributed by atoms with Gasteiger partial charge in [-0.3, -0.25) is 4.79 Å². The molecule has 1 aromatic rings.